The van der Waals surface area contributed by atoms with Gasteiger partial charge in [0.1, 0.15) is 0 Å². The molecule has 0 fully saturated rings. The molecule has 2 aliphatic carbocycles. The second kappa shape index (κ2) is 15.0. The molecule has 0 atom stereocenters. The summed E-state index contributed by atoms with van der Waals surface area (Å²) >= 11 is -0.613. The first kappa shape index (κ1) is 39.5. The maximum atomic E-state index is 2.56. The molecule has 1 heterocycles. The number of fused-ring (bicyclic) bond motifs is 17. The van der Waals surface area contributed by atoms with Crippen LogP contribution in [0.3, 0.4) is 0 Å². The van der Waals surface area contributed by atoms with E-state index in [-0.39, 0.29) is 0 Å². The fourth-order valence-corrected chi connectivity index (χ4v) is 18.8. The topological polar surface area (TPSA) is 0 Å². The Labute approximate surface area is 416 Å². The number of hydrogen-bond acceptors (Lipinski definition) is 0. The Bertz CT molecular complexity index is 4150. The monoisotopic (exact) mass is 996 g/mol. The zero-order valence-corrected chi connectivity index (χ0v) is 45.4. The van der Waals surface area contributed by atoms with E-state index in [4.69, 9.17) is 0 Å². The van der Waals surface area contributed by atoms with E-state index >= 15 is 0 Å². The Morgan fingerprint density at radius 1 is 0.261 bits per heavy atom. The molecule has 1 aliphatic heterocycles. The fraction of sp³-hybridized carbons (Fsp3) is 0.0149. The van der Waals surface area contributed by atoms with Gasteiger partial charge >= 0.3 is 336 Å². The van der Waals surface area contributed by atoms with Crippen molar-refractivity contribution in [2.24, 2.45) is 0 Å². The van der Waals surface area contributed by atoms with Crippen LogP contribution in [-0.4, -0.2) is 31.9 Å². The van der Waals surface area contributed by atoms with Crippen molar-refractivity contribution in [2.75, 3.05) is 0 Å². The van der Waals surface area contributed by atoms with Gasteiger partial charge in [-0.1, -0.05) is 72.8 Å². The van der Waals surface area contributed by atoms with E-state index in [9.17, 15) is 0 Å². The molecule has 69 heavy (non-hydrogen) atoms. The molecule has 0 amide bonds. The molecule has 12 aromatic rings. The van der Waals surface area contributed by atoms with Crippen LogP contribution in [0.2, 0.25) is 0 Å². The van der Waals surface area contributed by atoms with Crippen LogP contribution in [0.5, 0.6) is 0 Å². The molecule has 2 heteroatoms. The van der Waals surface area contributed by atoms with Crippen LogP contribution in [0.4, 0.5) is 0 Å². The van der Waals surface area contributed by atoms with Gasteiger partial charge in [-0.25, -0.2) is 0 Å². The van der Waals surface area contributed by atoms with Crippen LogP contribution in [0, 0.1) is 0 Å². The molecule has 0 nitrogen and oxygen atoms in total. The molecular weight excluding hydrogens is 950 g/mol. The molecule has 0 aromatic heterocycles. The van der Waals surface area contributed by atoms with E-state index in [1.54, 1.807) is 8.79 Å². The zero-order chi connectivity index (χ0) is 45.4. The Balaban J connectivity index is 1.11. The molecule has 3 aliphatic rings. The van der Waals surface area contributed by atoms with Crippen molar-refractivity contribution >= 4 is 77.5 Å². The van der Waals surface area contributed by atoms with Crippen LogP contribution in [0.15, 0.2) is 237 Å². The Morgan fingerprint density at radius 3 is 1.48 bits per heavy atom. The standard InChI is InChI=1S/C67H44Ge2/c68-60-34-11-7-23-48(60)43-20-4-3-19-42(43)44-25-13-27-50-54(44)39-55-45(49-29-16-36-62-64(49)52-24-8-12-35-61(52)69-62)26-14-28-51(55)63(50)53-30-15-33-58-66(53)65-41-18-2-1-17-40(41)37-38-59(65)67(58)56-31-9-5-21-46(56)47-22-6-10-32-57(47)67/h1-39H,69H2,68H3. The van der Waals surface area contributed by atoms with Gasteiger partial charge in [-0.15, -0.1) is 0 Å². The van der Waals surface area contributed by atoms with Gasteiger partial charge in [0, 0.05) is 0 Å². The van der Waals surface area contributed by atoms with Crippen LogP contribution >= 0.6 is 0 Å². The van der Waals surface area contributed by atoms with Crippen LogP contribution in [-0.2, 0) is 5.41 Å². The molecule has 0 saturated carbocycles. The third kappa shape index (κ3) is 5.42. The first-order valence-corrected chi connectivity index (χ1v) is 29.5. The van der Waals surface area contributed by atoms with Gasteiger partial charge in [-0.3, -0.25) is 0 Å². The summed E-state index contributed by atoms with van der Waals surface area (Å²) in [4.78, 5) is 0. The quantitative estimate of drug-likeness (QED) is 0.122. The number of hydrogen-bond donors (Lipinski definition) is 0. The summed E-state index contributed by atoms with van der Waals surface area (Å²) in [5.41, 5.74) is 23.6. The Morgan fingerprint density at radius 2 is 0.739 bits per heavy atom. The summed E-state index contributed by atoms with van der Waals surface area (Å²) in [6, 6.07) is 90.9. The molecule has 0 saturated heterocycles. The van der Waals surface area contributed by atoms with Crippen molar-refractivity contribution < 1.29 is 0 Å². The van der Waals surface area contributed by atoms with E-state index in [1.807, 2.05) is 0 Å². The third-order valence-electron chi connectivity index (χ3n) is 16.1. The molecular formula is C67H44Ge2. The Kier molecular flexibility index (Phi) is 8.59. The maximum absolute atomic E-state index is 2.56. The summed E-state index contributed by atoms with van der Waals surface area (Å²) in [5, 5.41) is 7.69. The molecule has 1 spiro atoms. The summed E-state index contributed by atoms with van der Waals surface area (Å²) < 4.78 is 4.64. The predicted octanol–water partition coefficient (Wildman–Crippen LogP) is 13.2. The average Bonchev–Trinajstić information content (AvgIpc) is 4.05. The van der Waals surface area contributed by atoms with Gasteiger partial charge in [-0.05, 0) is 11.1 Å². The molecule has 0 bridgehead atoms. The van der Waals surface area contributed by atoms with Crippen LogP contribution in [0.1, 0.15) is 22.3 Å². The molecule has 12 aromatic carbocycles. The van der Waals surface area contributed by atoms with Crippen molar-refractivity contribution in [1.29, 1.82) is 0 Å². The van der Waals surface area contributed by atoms with Gasteiger partial charge in [-0.2, -0.15) is 0 Å². The van der Waals surface area contributed by atoms with Crippen LogP contribution < -0.4 is 13.2 Å². The first-order valence-electron chi connectivity index (χ1n) is 24.4. The second-order valence-electron chi connectivity index (χ2n) is 19.4. The summed E-state index contributed by atoms with van der Waals surface area (Å²) in [7, 11) is 0. The molecule has 0 N–H and O–H groups in total. The zero-order valence-electron chi connectivity index (χ0n) is 38.2. The predicted molar refractivity (Wildman–Crippen MR) is 300 cm³/mol. The number of benzene rings is 12. The van der Waals surface area contributed by atoms with E-state index in [1.165, 1.54) is 137 Å². The van der Waals surface area contributed by atoms with Gasteiger partial charge < -0.3 is 0 Å². The first-order chi connectivity index (χ1) is 34.2. The summed E-state index contributed by atoms with van der Waals surface area (Å²) in [6.07, 6.45) is 0. The van der Waals surface area contributed by atoms with E-state index in [0.29, 0.717) is 16.5 Å². The minimum atomic E-state index is -1.14. The van der Waals surface area contributed by atoms with Gasteiger partial charge in [0.15, 0.2) is 0 Å². The van der Waals surface area contributed by atoms with Crippen molar-refractivity contribution in [3.8, 4) is 77.9 Å². The van der Waals surface area contributed by atoms with Crippen molar-refractivity contribution in [1.82, 2.24) is 0 Å². The normalized spacial score (nSPS) is 13.7. The summed E-state index contributed by atoms with van der Waals surface area (Å²) in [5.74, 6) is 0. The van der Waals surface area contributed by atoms with E-state index in [2.05, 4.69) is 237 Å². The van der Waals surface area contributed by atoms with E-state index < -0.39 is 20.8 Å². The summed E-state index contributed by atoms with van der Waals surface area (Å²) in [6.45, 7) is 0. The SMILES string of the molecule is [GeH3][c]1ccccc1-c1ccccc1-c1cccc2c(-c3cccc4c3-c3c(ccc5ccccc35)C43c4ccccc4-c4ccccc43)c3cccc(-c4ccc[c]5c4-c4cccc[c]4[GeH2]5)c3cc12. The van der Waals surface area contributed by atoms with Crippen molar-refractivity contribution in [3.05, 3.63) is 259 Å². The van der Waals surface area contributed by atoms with Crippen molar-refractivity contribution in [2.45, 2.75) is 5.41 Å². The molecule has 0 radical (unpaired) electrons. The van der Waals surface area contributed by atoms with Crippen LogP contribution in [0.25, 0.3) is 110 Å². The van der Waals surface area contributed by atoms with Crippen molar-refractivity contribution in [3.63, 3.8) is 0 Å². The Hall–Kier alpha value is -7.49. The van der Waals surface area contributed by atoms with Gasteiger partial charge in [0.05, 0.1) is 0 Å². The second-order valence-corrected chi connectivity index (χ2v) is 25.6. The third-order valence-corrected chi connectivity index (χ3v) is 22.0. The molecule has 320 valence electrons. The fourth-order valence-electron chi connectivity index (χ4n) is 13.3. The minimum absolute atomic E-state index is 0.477. The average molecular weight is 994 g/mol. The number of rotatable bonds is 4. The van der Waals surface area contributed by atoms with Gasteiger partial charge in [0.25, 0.3) is 0 Å². The molecule has 0 unspecified atom stereocenters. The molecule has 15 rings (SSSR count). The van der Waals surface area contributed by atoms with E-state index in [0.717, 1.165) is 0 Å². The van der Waals surface area contributed by atoms with Gasteiger partial charge in [0.2, 0.25) is 0 Å².